The fraction of sp³-hybridized carbons (Fsp3) is 0. The Morgan fingerprint density at radius 3 is 2.35 bits per heavy atom. The summed E-state index contributed by atoms with van der Waals surface area (Å²) in [6.07, 6.45) is 0.737. The second-order valence-electron chi connectivity index (χ2n) is 3.96. The van der Waals surface area contributed by atoms with Gasteiger partial charge in [-0.15, -0.1) is 0 Å². The van der Waals surface area contributed by atoms with Gasteiger partial charge in [-0.05, 0) is 11.6 Å². The van der Waals surface area contributed by atoms with Gasteiger partial charge in [0.25, 0.3) is 0 Å². The summed E-state index contributed by atoms with van der Waals surface area (Å²) in [5, 5.41) is 9.71. The first kappa shape index (κ1) is 13.7. The zero-order valence-electron chi connectivity index (χ0n) is 10.4. The smallest absolute Gasteiger partial charge is 0.422 e. The number of pyridine rings is 1. The van der Waals surface area contributed by atoms with Crippen molar-refractivity contribution < 1.29 is 14.7 Å². The van der Waals surface area contributed by atoms with Crippen LogP contribution in [0.1, 0.15) is 21.6 Å². The number of nitrogens with two attached hydrogens (primary N) is 1. The molecule has 0 aliphatic carbocycles. The van der Waals surface area contributed by atoms with Crippen LogP contribution in [0.15, 0.2) is 48.7 Å². The van der Waals surface area contributed by atoms with Crippen LogP contribution in [-0.2, 0) is 0 Å². The fourth-order valence-electron chi connectivity index (χ4n) is 1.75. The molecule has 20 heavy (non-hydrogen) atoms. The molecule has 0 aliphatic heterocycles. The molecule has 0 saturated heterocycles. The van der Waals surface area contributed by atoms with E-state index in [1.54, 1.807) is 30.3 Å². The summed E-state index contributed by atoms with van der Waals surface area (Å²) in [4.78, 5) is 25.6. The molecule has 3 N–H and O–H groups in total. The third-order valence-electron chi connectivity index (χ3n) is 2.67. The lowest BCUT2D eigenvalue weighted by molar-refractivity contribution is 0.111. The van der Waals surface area contributed by atoms with Crippen LogP contribution in [0.3, 0.4) is 0 Å². The molecule has 0 bridgehead atoms. The number of rotatable bonds is 4. The minimum atomic E-state index is -1.29. The highest BCUT2D eigenvalue weighted by molar-refractivity contribution is 5.72. The second-order valence-corrected chi connectivity index (χ2v) is 3.96. The van der Waals surface area contributed by atoms with E-state index in [9.17, 15) is 9.59 Å². The van der Waals surface area contributed by atoms with Crippen LogP contribution in [0.5, 0.6) is 0 Å². The molecule has 0 aliphatic rings. The third-order valence-corrected chi connectivity index (χ3v) is 2.67. The molecule has 101 valence electrons. The minimum absolute atomic E-state index is 0.264. The Balaban J connectivity index is 2.45. The molecule has 6 nitrogen and oxygen atoms in total. The summed E-state index contributed by atoms with van der Waals surface area (Å²) in [7, 11) is 0. The molecule has 6 heteroatoms. The van der Waals surface area contributed by atoms with E-state index in [1.165, 1.54) is 12.3 Å². The second kappa shape index (κ2) is 5.94. The first-order chi connectivity index (χ1) is 9.63. The predicted molar refractivity (Wildman–Crippen MR) is 71.6 cm³/mol. The highest BCUT2D eigenvalue weighted by atomic mass is 16.4. The quantitative estimate of drug-likeness (QED) is 0.381. The lowest BCUT2D eigenvalue weighted by atomic mass is 9.99. The number of amides is 1. The Bertz CT molecular complexity index is 599. The third kappa shape index (κ3) is 2.81. The number of hydrogen-bond donors (Lipinski definition) is 2. The van der Waals surface area contributed by atoms with Crippen LogP contribution in [0.25, 0.3) is 0 Å². The summed E-state index contributed by atoms with van der Waals surface area (Å²) in [5.41, 5.74) is 1.41. The normalized spacial score (nSPS) is 10.3. The number of aldehydes is 1. The molecule has 1 amide bonds. The highest BCUT2D eigenvalue weighted by Gasteiger charge is 2.25. The van der Waals surface area contributed by atoms with Gasteiger partial charge in [-0.25, -0.2) is 15.6 Å². The Morgan fingerprint density at radius 1 is 1.15 bits per heavy atom. The average Bonchev–Trinajstić information content (AvgIpc) is 2.49. The lowest BCUT2D eigenvalue weighted by Crippen LogP contribution is -2.40. The first-order valence-electron chi connectivity index (χ1n) is 5.75. The summed E-state index contributed by atoms with van der Waals surface area (Å²) in [6, 6.07) is 12.2. The summed E-state index contributed by atoms with van der Waals surface area (Å²) >= 11 is 0. The molecule has 1 heterocycles. The van der Waals surface area contributed by atoms with Gasteiger partial charge in [-0.2, -0.15) is 0 Å². The van der Waals surface area contributed by atoms with Crippen molar-refractivity contribution in [3.63, 3.8) is 0 Å². The highest BCUT2D eigenvalue weighted by Crippen LogP contribution is 2.25. The van der Waals surface area contributed by atoms with Gasteiger partial charge >= 0.3 is 6.09 Å². The number of nitrogens with zero attached hydrogens (tertiary/aromatic N) is 2. The number of carbonyl (C=O) groups excluding carboxylic acids is 1. The number of carbonyl (C=O) groups is 2. The van der Waals surface area contributed by atoms with Crippen molar-refractivity contribution in [2.75, 3.05) is 0 Å². The lowest BCUT2D eigenvalue weighted by Gasteiger charge is -2.24. The van der Waals surface area contributed by atoms with Gasteiger partial charge < -0.3 is 5.11 Å². The summed E-state index contributed by atoms with van der Waals surface area (Å²) < 4.78 is 0. The van der Waals surface area contributed by atoms with Gasteiger partial charge in [0.05, 0.1) is 0 Å². The van der Waals surface area contributed by atoms with Crippen molar-refractivity contribution in [3.05, 3.63) is 71.5 Å². The summed E-state index contributed by atoms with van der Waals surface area (Å²) in [5.74, 6) is 5.59. The van der Waals surface area contributed by atoms with Crippen molar-refractivity contribution in [2.45, 2.75) is 0 Å². The minimum Gasteiger partial charge on any atom is -0.464 e. The number of benzene rings is 1. The van der Waals surface area contributed by atoms with E-state index >= 15 is 0 Å². The number of hydrogen-bond acceptors (Lipinski definition) is 4. The van der Waals surface area contributed by atoms with Gasteiger partial charge in [-0.1, -0.05) is 36.4 Å². The maximum Gasteiger partial charge on any atom is 0.422 e. The molecule has 0 spiro atoms. The molecule has 1 aromatic heterocycles. The fourth-order valence-corrected chi connectivity index (χ4v) is 1.75. The maximum atomic E-state index is 11.1. The molecule has 1 aromatic carbocycles. The zero-order valence-corrected chi connectivity index (χ0v) is 10.4. The van der Waals surface area contributed by atoms with E-state index in [0.717, 1.165) is 0 Å². The van der Waals surface area contributed by atoms with E-state index in [2.05, 4.69) is 4.98 Å². The molecular formula is C14H12N3O3. The molecule has 0 unspecified atom stereocenters. The van der Waals surface area contributed by atoms with Crippen LogP contribution >= 0.6 is 0 Å². The molecule has 0 saturated carbocycles. The van der Waals surface area contributed by atoms with Crippen LogP contribution in [0.4, 0.5) is 4.79 Å². The van der Waals surface area contributed by atoms with Crippen LogP contribution in [0, 0.1) is 6.04 Å². The van der Waals surface area contributed by atoms with Crippen LogP contribution in [0.2, 0.25) is 0 Å². The Morgan fingerprint density at radius 2 is 1.85 bits per heavy atom. The van der Waals surface area contributed by atoms with E-state index in [-0.39, 0.29) is 5.69 Å². The van der Waals surface area contributed by atoms with Gasteiger partial charge in [-0.3, -0.25) is 9.78 Å². The molecule has 1 radical (unpaired) electrons. The van der Waals surface area contributed by atoms with Crippen molar-refractivity contribution in [1.82, 2.24) is 9.99 Å². The molecule has 2 rings (SSSR count). The van der Waals surface area contributed by atoms with E-state index < -0.39 is 6.09 Å². The zero-order chi connectivity index (χ0) is 14.5. The van der Waals surface area contributed by atoms with Crippen LogP contribution in [-0.4, -0.2) is 27.5 Å². The first-order valence-corrected chi connectivity index (χ1v) is 5.75. The molecular weight excluding hydrogens is 258 g/mol. The predicted octanol–water partition coefficient (Wildman–Crippen LogP) is 1.68. The largest absolute Gasteiger partial charge is 0.464 e. The number of hydrazine groups is 1. The topological polar surface area (TPSA) is 96.5 Å². The SMILES string of the molecule is NN([C](c1ccccc1)c1ccc(C=O)nc1)C(=O)O. The average molecular weight is 270 g/mol. The maximum absolute atomic E-state index is 11.1. The number of carboxylic acid groups (broad SMARTS) is 1. The monoisotopic (exact) mass is 270 g/mol. The molecule has 2 aromatic rings. The summed E-state index contributed by atoms with van der Waals surface area (Å²) in [6.45, 7) is 0. The Hall–Kier alpha value is -2.73. The van der Waals surface area contributed by atoms with Gasteiger partial charge in [0.2, 0.25) is 0 Å². The van der Waals surface area contributed by atoms with Gasteiger partial charge in [0.15, 0.2) is 6.29 Å². The van der Waals surface area contributed by atoms with Crippen molar-refractivity contribution >= 4 is 12.4 Å². The van der Waals surface area contributed by atoms with Crippen LogP contribution < -0.4 is 5.84 Å². The van der Waals surface area contributed by atoms with Gasteiger partial charge in [0, 0.05) is 11.8 Å². The van der Waals surface area contributed by atoms with Crippen molar-refractivity contribution in [3.8, 4) is 0 Å². The number of aromatic nitrogens is 1. The standard InChI is InChI=1S/C14H12N3O3/c15-17(14(19)20)13(10-4-2-1-3-5-10)11-6-7-12(9-18)16-8-11/h1-9H,15H2,(H,19,20). The van der Waals surface area contributed by atoms with E-state index in [0.29, 0.717) is 28.5 Å². The Kier molecular flexibility index (Phi) is 4.07. The molecule has 0 atom stereocenters. The van der Waals surface area contributed by atoms with Gasteiger partial charge in [0.1, 0.15) is 11.7 Å². The molecule has 0 fully saturated rings. The Labute approximate surface area is 115 Å². The van der Waals surface area contributed by atoms with Crippen molar-refractivity contribution in [1.29, 1.82) is 0 Å². The van der Waals surface area contributed by atoms with E-state index in [4.69, 9.17) is 10.9 Å². The van der Waals surface area contributed by atoms with E-state index in [1.807, 2.05) is 6.07 Å². The van der Waals surface area contributed by atoms with Crippen molar-refractivity contribution in [2.24, 2.45) is 5.84 Å².